The van der Waals surface area contributed by atoms with E-state index in [4.69, 9.17) is 5.73 Å². The Bertz CT molecular complexity index is 385. The van der Waals surface area contributed by atoms with Crippen molar-refractivity contribution < 1.29 is 0 Å². The molecule has 0 bridgehead atoms. The van der Waals surface area contributed by atoms with E-state index in [0.717, 1.165) is 31.7 Å². The summed E-state index contributed by atoms with van der Waals surface area (Å²) in [6.45, 7) is 7.91. The molecule has 1 fully saturated rings. The Morgan fingerprint density at radius 1 is 1.50 bits per heavy atom. The van der Waals surface area contributed by atoms with Crippen LogP contribution < -0.4 is 5.73 Å². The molecule has 0 spiro atoms. The highest BCUT2D eigenvalue weighted by Gasteiger charge is 2.39. The fraction of sp³-hybridized carbons (Fsp3) is 0.800. The summed E-state index contributed by atoms with van der Waals surface area (Å²) >= 11 is 0. The molecule has 18 heavy (non-hydrogen) atoms. The normalized spacial score (nSPS) is 32.7. The molecule has 1 saturated carbocycles. The molecule has 3 unspecified atom stereocenters. The van der Waals surface area contributed by atoms with E-state index in [-0.39, 0.29) is 5.54 Å². The summed E-state index contributed by atoms with van der Waals surface area (Å²) in [5, 5.41) is 0. The maximum atomic E-state index is 6.70. The summed E-state index contributed by atoms with van der Waals surface area (Å²) < 4.78 is 2.26. The first-order chi connectivity index (χ1) is 8.57. The van der Waals surface area contributed by atoms with Crippen LogP contribution in [0.2, 0.25) is 0 Å². The van der Waals surface area contributed by atoms with Gasteiger partial charge in [0.25, 0.3) is 0 Å². The van der Waals surface area contributed by atoms with E-state index in [1.165, 1.54) is 18.7 Å². The van der Waals surface area contributed by atoms with Crippen molar-refractivity contribution in [2.45, 2.75) is 65.0 Å². The second kappa shape index (κ2) is 5.43. The monoisotopic (exact) mass is 249 g/mol. The van der Waals surface area contributed by atoms with E-state index in [1.807, 2.05) is 6.20 Å². The van der Waals surface area contributed by atoms with Gasteiger partial charge < -0.3 is 10.3 Å². The zero-order valence-corrected chi connectivity index (χ0v) is 12.0. The van der Waals surface area contributed by atoms with Crippen LogP contribution in [0.25, 0.3) is 0 Å². The van der Waals surface area contributed by atoms with Gasteiger partial charge in [-0.2, -0.15) is 0 Å². The third kappa shape index (κ3) is 2.61. The number of hydrogen-bond acceptors (Lipinski definition) is 2. The van der Waals surface area contributed by atoms with Crippen LogP contribution in [-0.2, 0) is 13.0 Å². The lowest BCUT2D eigenvalue weighted by molar-refractivity contribution is 0.140. The molecule has 1 aliphatic carbocycles. The van der Waals surface area contributed by atoms with Crippen LogP contribution in [0, 0.1) is 11.8 Å². The van der Waals surface area contributed by atoms with Gasteiger partial charge in [0.15, 0.2) is 0 Å². The van der Waals surface area contributed by atoms with Crippen molar-refractivity contribution in [3.63, 3.8) is 0 Å². The Labute approximate surface area is 111 Å². The molecule has 1 aliphatic rings. The predicted octanol–water partition coefficient (Wildman–Crippen LogP) is 2.99. The second-order valence-corrected chi connectivity index (χ2v) is 6.10. The Kier molecular flexibility index (Phi) is 4.10. The molecule has 0 aromatic carbocycles. The van der Waals surface area contributed by atoms with Crippen LogP contribution in [0.4, 0.5) is 0 Å². The smallest absolute Gasteiger partial charge is 0.110 e. The molecular formula is C15H27N3. The number of hydrogen-bond donors (Lipinski definition) is 1. The summed E-state index contributed by atoms with van der Waals surface area (Å²) in [6.07, 6.45) is 9.78. The minimum atomic E-state index is -0.0610. The van der Waals surface area contributed by atoms with Crippen LogP contribution in [-0.4, -0.2) is 15.1 Å². The third-order valence-corrected chi connectivity index (χ3v) is 4.82. The van der Waals surface area contributed by atoms with Crippen LogP contribution in [0.15, 0.2) is 12.4 Å². The number of rotatable bonds is 4. The van der Waals surface area contributed by atoms with E-state index in [1.54, 1.807) is 0 Å². The number of aryl methyl sites for hydroxylation is 1. The van der Waals surface area contributed by atoms with Crippen molar-refractivity contribution in [2.75, 3.05) is 0 Å². The van der Waals surface area contributed by atoms with Gasteiger partial charge in [-0.15, -0.1) is 0 Å². The van der Waals surface area contributed by atoms with Crippen LogP contribution in [0.3, 0.4) is 0 Å². The summed E-state index contributed by atoms with van der Waals surface area (Å²) in [7, 11) is 0. The van der Waals surface area contributed by atoms with Gasteiger partial charge in [-0.1, -0.05) is 33.6 Å². The molecule has 3 atom stereocenters. The lowest BCUT2D eigenvalue weighted by Gasteiger charge is -2.43. The molecular weight excluding hydrogens is 222 g/mol. The van der Waals surface area contributed by atoms with Gasteiger partial charge in [-0.3, -0.25) is 0 Å². The lowest BCUT2D eigenvalue weighted by Crippen LogP contribution is -2.53. The highest BCUT2D eigenvalue weighted by atomic mass is 15.1. The van der Waals surface area contributed by atoms with Gasteiger partial charge in [0, 0.05) is 30.9 Å². The first-order valence-electron chi connectivity index (χ1n) is 7.35. The summed E-state index contributed by atoms with van der Waals surface area (Å²) in [4.78, 5) is 4.52. The molecule has 2 N–H and O–H groups in total. The topological polar surface area (TPSA) is 43.8 Å². The Morgan fingerprint density at radius 2 is 2.28 bits per heavy atom. The van der Waals surface area contributed by atoms with Crippen LogP contribution in [0.1, 0.15) is 52.3 Å². The zero-order chi connectivity index (χ0) is 13.2. The maximum absolute atomic E-state index is 6.70. The van der Waals surface area contributed by atoms with Crippen molar-refractivity contribution in [3.8, 4) is 0 Å². The standard InChI is InChI=1S/C15H27N3/c1-4-9-18-10-8-17-14(18)11-15(16)7-5-6-12(2)13(15)3/h8,10,12-13H,4-7,9,11,16H2,1-3H3. The van der Waals surface area contributed by atoms with Crippen molar-refractivity contribution in [2.24, 2.45) is 17.6 Å². The molecule has 3 heteroatoms. The Balaban J connectivity index is 2.13. The third-order valence-electron chi connectivity index (χ3n) is 4.82. The van der Waals surface area contributed by atoms with Crippen molar-refractivity contribution in [3.05, 3.63) is 18.2 Å². The number of aromatic nitrogens is 2. The van der Waals surface area contributed by atoms with Gasteiger partial charge in [-0.25, -0.2) is 4.98 Å². The zero-order valence-electron chi connectivity index (χ0n) is 12.0. The molecule has 1 heterocycles. The fourth-order valence-corrected chi connectivity index (χ4v) is 3.29. The quantitative estimate of drug-likeness (QED) is 0.891. The largest absolute Gasteiger partial charge is 0.335 e. The van der Waals surface area contributed by atoms with Crippen LogP contribution in [0.5, 0.6) is 0 Å². The highest BCUT2D eigenvalue weighted by Crippen LogP contribution is 2.37. The van der Waals surface area contributed by atoms with E-state index in [2.05, 4.69) is 36.5 Å². The predicted molar refractivity (Wildman–Crippen MR) is 75.3 cm³/mol. The number of imidazole rings is 1. The van der Waals surface area contributed by atoms with Gasteiger partial charge in [0.1, 0.15) is 5.82 Å². The lowest BCUT2D eigenvalue weighted by atomic mass is 9.67. The SMILES string of the molecule is CCCn1ccnc1CC1(N)CCCC(C)C1C. The fourth-order valence-electron chi connectivity index (χ4n) is 3.29. The second-order valence-electron chi connectivity index (χ2n) is 6.10. The van der Waals surface area contributed by atoms with Gasteiger partial charge in [0.2, 0.25) is 0 Å². The highest BCUT2D eigenvalue weighted by molar-refractivity contribution is 5.05. The first kappa shape index (κ1) is 13.6. The number of nitrogens with zero attached hydrogens (tertiary/aromatic N) is 2. The van der Waals surface area contributed by atoms with Gasteiger partial charge >= 0.3 is 0 Å². The molecule has 0 amide bonds. The molecule has 0 radical (unpaired) electrons. The molecule has 102 valence electrons. The molecule has 0 aliphatic heterocycles. The molecule has 1 aromatic heterocycles. The van der Waals surface area contributed by atoms with Crippen molar-refractivity contribution in [1.82, 2.24) is 9.55 Å². The minimum absolute atomic E-state index is 0.0610. The first-order valence-corrected chi connectivity index (χ1v) is 7.35. The average Bonchev–Trinajstić information content (AvgIpc) is 2.74. The molecule has 2 rings (SSSR count). The maximum Gasteiger partial charge on any atom is 0.110 e. The molecule has 3 nitrogen and oxygen atoms in total. The summed E-state index contributed by atoms with van der Waals surface area (Å²) in [5.41, 5.74) is 6.63. The van der Waals surface area contributed by atoms with Gasteiger partial charge in [0.05, 0.1) is 0 Å². The summed E-state index contributed by atoms with van der Waals surface area (Å²) in [5.74, 6) is 2.48. The van der Waals surface area contributed by atoms with E-state index in [9.17, 15) is 0 Å². The number of nitrogens with two attached hydrogens (primary N) is 1. The molecule has 1 aromatic rings. The minimum Gasteiger partial charge on any atom is -0.335 e. The van der Waals surface area contributed by atoms with Gasteiger partial charge in [-0.05, 0) is 24.7 Å². The Morgan fingerprint density at radius 3 is 3.00 bits per heavy atom. The van der Waals surface area contributed by atoms with Crippen molar-refractivity contribution >= 4 is 0 Å². The summed E-state index contributed by atoms with van der Waals surface area (Å²) in [6, 6.07) is 0. The van der Waals surface area contributed by atoms with E-state index in [0.29, 0.717) is 5.92 Å². The molecule has 0 saturated heterocycles. The van der Waals surface area contributed by atoms with Crippen LogP contribution >= 0.6 is 0 Å². The van der Waals surface area contributed by atoms with E-state index >= 15 is 0 Å². The Hall–Kier alpha value is -0.830. The average molecular weight is 249 g/mol. The van der Waals surface area contributed by atoms with Crippen molar-refractivity contribution in [1.29, 1.82) is 0 Å². The van der Waals surface area contributed by atoms with E-state index < -0.39 is 0 Å².